The Morgan fingerprint density at radius 1 is 1.29 bits per heavy atom. The van der Waals surface area contributed by atoms with Crippen LogP contribution < -0.4 is 10.9 Å². The number of fused-ring (bicyclic) bond motifs is 1. The maximum absolute atomic E-state index is 12.7. The van der Waals surface area contributed by atoms with Gasteiger partial charge in [0.05, 0.1) is 11.1 Å². The lowest BCUT2D eigenvalue weighted by atomic mass is 9.98. The summed E-state index contributed by atoms with van der Waals surface area (Å²) >= 11 is 2.81. The third kappa shape index (κ3) is 3.86. The quantitative estimate of drug-likeness (QED) is 0.481. The van der Waals surface area contributed by atoms with Gasteiger partial charge in [-0.3, -0.25) is 14.2 Å². The van der Waals surface area contributed by atoms with Crippen LogP contribution in [-0.2, 0) is 11.8 Å². The number of hydrogen-bond acceptors (Lipinski definition) is 5. The van der Waals surface area contributed by atoms with E-state index in [1.54, 1.807) is 7.05 Å². The first-order valence-electron chi connectivity index (χ1n) is 9.19. The van der Waals surface area contributed by atoms with Gasteiger partial charge < -0.3 is 5.32 Å². The minimum atomic E-state index is -0.103. The van der Waals surface area contributed by atoms with Gasteiger partial charge in [-0.1, -0.05) is 43.8 Å². The highest BCUT2D eigenvalue weighted by molar-refractivity contribution is 7.99. The number of aromatic nitrogens is 2. The van der Waals surface area contributed by atoms with Gasteiger partial charge in [0.25, 0.3) is 5.56 Å². The molecule has 5 nitrogen and oxygen atoms in total. The summed E-state index contributed by atoms with van der Waals surface area (Å²) in [6.07, 6.45) is 0. The maximum atomic E-state index is 12.7. The van der Waals surface area contributed by atoms with Crippen molar-refractivity contribution in [3.63, 3.8) is 0 Å². The molecular weight excluding hydrogens is 390 g/mol. The van der Waals surface area contributed by atoms with Crippen LogP contribution in [0.25, 0.3) is 10.2 Å². The van der Waals surface area contributed by atoms with Gasteiger partial charge in [0, 0.05) is 17.6 Å². The van der Waals surface area contributed by atoms with Gasteiger partial charge in [0.1, 0.15) is 4.83 Å². The van der Waals surface area contributed by atoms with Crippen molar-refractivity contribution in [3.05, 3.63) is 50.1 Å². The molecule has 0 unspecified atom stereocenters. The first kappa shape index (κ1) is 20.6. The largest absolute Gasteiger partial charge is 0.325 e. The van der Waals surface area contributed by atoms with E-state index in [0.717, 1.165) is 32.1 Å². The third-order valence-corrected chi connectivity index (χ3v) is 7.02. The summed E-state index contributed by atoms with van der Waals surface area (Å²) in [6, 6.07) is 6.05. The number of carbonyl (C=O) groups is 1. The molecule has 2 aromatic heterocycles. The first-order valence-corrected chi connectivity index (χ1v) is 11.0. The first-order chi connectivity index (χ1) is 13.2. The summed E-state index contributed by atoms with van der Waals surface area (Å²) in [7, 11) is 1.71. The standard InChI is InChI=1S/C21H25N3O2S2/c1-11(2)15-9-7-8-12(3)18(15)22-16(25)10-27-21-23-19-17(20(26)24(21)6)13(4)14(5)28-19/h7-9,11H,10H2,1-6H3,(H,22,25). The monoisotopic (exact) mass is 415 g/mol. The molecule has 2 heterocycles. The van der Waals surface area contributed by atoms with Crippen molar-refractivity contribution in [1.29, 1.82) is 0 Å². The predicted octanol–water partition coefficient (Wildman–Crippen LogP) is 4.77. The van der Waals surface area contributed by atoms with Crippen molar-refractivity contribution in [2.45, 2.75) is 45.7 Å². The summed E-state index contributed by atoms with van der Waals surface area (Å²) in [5, 5.41) is 4.28. The van der Waals surface area contributed by atoms with Crippen LogP contribution in [0.2, 0.25) is 0 Å². The van der Waals surface area contributed by atoms with E-state index < -0.39 is 0 Å². The molecule has 28 heavy (non-hydrogen) atoms. The van der Waals surface area contributed by atoms with Crippen LogP contribution in [-0.4, -0.2) is 21.2 Å². The molecule has 0 aliphatic rings. The average molecular weight is 416 g/mol. The van der Waals surface area contributed by atoms with E-state index in [9.17, 15) is 9.59 Å². The van der Waals surface area contributed by atoms with Crippen LogP contribution in [0.1, 0.15) is 41.3 Å². The van der Waals surface area contributed by atoms with E-state index in [0.29, 0.717) is 16.5 Å². The number of thiophene rings is 1. The molecule has 0 saturated carbocycles. The van der Waals surface area contributed by atoms with Crippen molar-refractivity contribution in [1.82, 2.24) is 9.55 Å². The Balaban J connectivity index is 1.81. The van der Waals surface area contributed by atoms with Gasteiger partial charge in [-0.2, -0.15) is 0 Å². The van der Waals surface area contributed by atoms with E-state index in [2.05, 4.69) is 24.1 Å². The highest BCUT2D eigenvalue weighted by Gasteiger charge is 2.17. The molecule has 3 aromatic rings. The number of anilines is 1. The second kappa shape index (κ2) is 8.09. The highest BCUT2D eigenvalue weighted by Crippen LogP contribution is 2.29. The summed E-state index contributed by atoms with van der Waals surface area (Å²) < 4.78 is 1.53. The van der Waals surface area contributed by atoms with Crippen molar-refractivity contribution in [2.24, 2.45) is 7.05 Å². The number of thioether (sulfide) groups is 1. The number of para-hydroxylation sites is 1. The molecule has 0 bridgehead atoms. The Morgan fingerprint density at radius 2 is 2.00 bits per heavy atom. The summed E-state index contributed by atoms with van der Waals surface area (Å²) in [5.74, 6) is 0.410. The van der Waals surface area contributed by atoms with E-state index >= 15 is 0 Å². The predicted molar refractivity (Wildman–Crippen MR) is 119 cm³/mol. The van der Waals surface area contributed by atoms with Crippen molar-refractivity contribution < 1.29 is 4.79 Å². The highest BCUT2D eigenvalue weighted by atomic mass is 32.2. The Bertz CT molecular complexity index is 1110. The van der Waals surface area contributed by atoms with Gasteiger partial charge in [0.2, 0.25) is 5.91 Å². The second-order valence-corrected chi connectivity index (χ2v) is 9.40. The summed E-state index contributed by atoms with van der Waals surface area (Å²) in [6.45, 7) is 10.2. The maximum Gasteiger partial charge on any atom is 0.262 e. The number of aryl methyl sites for hydroxylation is 3. The van der Waals surface area contributed by atoms with Crippen LogP contribution in [0.4, 0.5) is 5.69 Å². The summed E-state index contributed by atoms with van der Waals surface area (Å²) in [5.41, 5.74) is 3.97. The van der Waals surface area contributed by atoms with Crippen LogP contribution in [0, 0.1) is 20.8 Å². The Labute approximate surface area is 173 Å². The molecule has 1 N–H and O–H groups in total. The minimum absolute atomic E-state index is 0.0595. The van der Waals surface area contributed by atoms with Crippen molar-refractivity contribution >= 4 is 44.9 Å². The molecule has 148 valence electrons. The van der Waals surface area contributed by atoms with Gasteiger partial charge in [0.15, 0.2) is 5.16 Å². The Morgan fingerprint density at radius 3 is 2.68 bits per heavy atom. The molecule has 0 atom stereocenters. The van der Waals surface area contributed by atoms with Gasteiger partial charge in [-0.05, 0) is 43.4 Å². The second-order valence-electron chi connectivity index (χ2n) is 7.25. The molecule has 0 aliphatic heterocycles. The topological polar surface area (TPSA) is 64.0 Å². The fraction of sp³-hybridized carbons (Fsp3) is 0.381. The number of carbonyl (C=O) groups excluding carboxylic acids is 1. The van der Waals surface area contributed by atoms with E-state index in [-0.39, 0.29) is 17.2 Å². The lowest BCUT2D eigenvalue weighted by molar-refractivity contribution is -0.113. The Hall–Kier alpha value is -2.12. The SMILES string of the molecule is Cc1cccc(C(C)C)c1NC(=O)CSc1nc2sc(C)c(C)c2c(=O)n1C. The number of nitrogens with zero attached hydrogens (tertiary/aromatic N) is 2. The molecule has 1 amide bonds. The van der Waals surface area contributed by atoms with Crippen molar-refractivity contribution in [3.8, 4) is 0 Å². The summed E-state index contributed by atoms with van der Waals surface area (Å²) in [4.78, 5) is 31.7. The molecule has 0 saturated heterocycles. The third-order valence-electron chi connectivity index (χ3n) is 4.89. The molecule has 3 rings (SSSR count). The van der Waals surface area contributed by atoms with Crippen LogP contribution in [0.15, 0.2) is 28.2 Å². The lowest BCUT2D eigenvalue weighted by Crippen LogP contribution is -2.21. The minimum Gasteiger partial charge on any atom is -0.325 e. The molecule has 0 radical (unpaired) electrons. The molecule has 0 fully saturated rings. The zero-order valence-corrected chi connectivity index (χ0v) is 18.7. The zero-order valence-electron chi connectivity index (χ0n) is 17.0. The van der Waals surface area contributed by atoms with Gasteiger partial charge in [-0.25, -0.2) is 4.98 Å². The van der Waals surface area contributed by atoms with E-state index in [1.165, 1.54) is 27.7 Å². The van der Waals surface area contributed by atoms with Crippen LogP contribution in [0.3, 0.4) is 0 Å². The van der Waals surface area contributed by atoms with E-state index in [1.807, 2.05) is 39.0 Å². The number of amides is 1. The molecule has 0 aliphatic carbocycles. The number of nitrogens with one attached hydrogen (secondary N) is 1. The fourth-order valence-electron chi connectivity index (χ4n) is 3.13. The normalized spacial score (nSPS) is 11.4. The van der Waals surface area contributed by atoms with Gasteiger partial charge in [-0.15, -0.1) is 11.3 Å². The van der Waals surface area contributed by atoms with E-state index in [4.69, 9.17) is 0 Å². The van der Waals surface area contributed by atoms with Gasteiger partial charge >= 0.3 is 0 Å². The van der Waals surface area contributed by atoms with Crippen LogP contribution in [0.5, 0.6) is 0 Å². The number of rotatable bonds is 5. The zero-order chi connectivity index (χ0) is 20.6. The molecule has 0 spiro atoms. The number of benzene rings is 1. The molecule has 1 aromatic carbocycles. The smallest absolute Gasteiger partial charge is 0.262 e. The van der Waals surface area contributed by atoms with Crippen LogP contribution >= 0.6 is 23.1 Å². The fourth-order valence-corrected chi connectivity index (χ4v) is 4.98. The Kier molecular flexibility index (Phi) is 5.95. The molecule has 7 heteroatoms. The lowest BCUT2D eigenvalue weighted by Gasteiger charge is -2.16. The number of hydrogen-bond donors (Lipinski definition) is 1. The molecular formula is C21H25N3O2S2. The van der Waals surface area contributed by atoms with Crippen molar-refractivity contribution in [2.75, 3.05) is 11.1 Å². The average Bonchev–Trinajstić information content (AvgIpc) is 2.92.